The van der Waals surface area contributed by atoms with E-state index in [4.69, 9.17) is 9.84 Å². The minimum absolute atomic E-state index is 0.123. The summed E-state index contributed by atoms with van der Waals surface area (Å²) in [6, 6.07) is 0. The monoisotopic (exact) mass is 279 g/mol. The summed E-state index contributed by atoms with van der Waals surface area (Å²) in [4.78, 5) is 30.0. The molecule has 1 fully saturated rings. The number of carbonyl (C=O) groups excluding carboxylic acids is 1. The molecular weight excluding hydrogens is 262 g/mol. The predicted octanol–water partition coefficient (Wildman–Crippen LogP) is 0.721. The van der Waals surface area contributed by atoms with Gasteiger partial charge < -0.3 is 15.2 Å². The van der Waals surface area contributed by atoms with Gasteiger partial charge in [-0.25, -0.2) is 14.8 Å². The fourth-order valence-corrected chi connectivity index (χ4v) is 1.92. The summed E-state index contributed by atoms with van der Waals surface area (Å²) in [6.45, 7) is 1.26. The van der Waals surface area contributed by atoms with E-state index in [1.54, 1.807) is 7.11 Å². The smallest absolute Gasteiger partial charge is 0.356 e. The van der Waals surface area contributed by atoms with Gasteiger partial charge in [-0.05, 0) is 24.7 Å². The molecule has 1 aliphatic rings. The molecule has 1 saturated carbocycles. The summed E-state index contributed by atoms with van der Waals surface area (Å²) >= 11 is 0. The van der Waals surface area contributed by atoms with Gasteiger partial charge in [-0.2, -0.15) is 0 Å². The first-order valence-electron chi connectivity index (χ1n) is 6.39. The van der Waals surface area contributed by atoms with Crippen molar-refractivity contribution in [3.8, 4) is 0 Å². The van der Waals surface area contributed by atoms with E-state index < -0.39 is 5.97 Å². The number of nitrogens with one attached hydrogen (secondary N) is 1. The molecule has 0 aromatic carbocycles. The van der Waals surface area contributed by atoms with Crippen LogP contribution in [0.4, 0.5) is 0 Å². The summed E-state index contributed by atoms with van der Waals surface area (Å²) in [7, 11) is 1.66. The van der Waals surface area contributed by atoms with Crippen LogP contribution in [0.15, 0.2) is 12.4 Å². The second-order valence-corrected chi connectivity index (χ2v) is 5.02. The highest BCUT2D eigenvalue weighted by atomic mass is 16.5. The second kappa shape index (κ2) is 5.96. The van der Waals surface area contributed by atoms with Crippen molar-refractivity contribution in [1.29, 1.82) is 0 Å². The van der Waals surface area contributed by atoms with Crippen molar-refractivity contribution < 1.29 is 19.4 Å². The van der Waals surface area contributed by atoms with E-state index in [0.717, 1.165) is 25.5 Å². The molecule has 20 heavy (non-hydrogen) atoms. The number of rotatable bonds is 7. The van der Waals surface area contributed by atoms with E-state index in [2.05, 4.69) is 15.3 Å². The van der Waals surface area contributed by atoms with Crippen LogP contribution in [0.25, 0.3) is 0 Å². The summed E-state index contributed by atoms with van der Waals surface area (Å²) in [5.74, 6) is -1.50. The Bertz CT molecular complexity index is 497. The van der Waals surface area contributed by atoms with E-state index in [1.165, 1.54) is 6.20 Å². The quantitative estimate of drug-likeness (QED) is 0.762. The van der Waals surface area contributed by atoms with Crippen molar-refractivity contribution in [1.82, 2.24) is 15.3 Å². The molecule has 1 aliphatic carbocycles. The Morgan fingerprint density at radius 2 is 2.00 bits per heavy atom. The van der Waals surface area contributed by atoms with Gasteiger partial charge in [0.1, 0.15) is 5.69 Å². The average molecular weight is 279 g/mol. The summed E-state index contributed by atoms with van der Waals surface area (Å²) < 4.78 is 5.05. The van der Waals surface area contributed by atoms with Gasteiger partial charge in [0.2, 0.25) is 0 Å². The summed E-state index contributed by atoms with van der Waals surface area (Å²) in [6.07, 6.45) is 5.34. The highest BCUT2D eigenvalue weighted by molar-refractivity contribution is 5.92. The van der Waals surface area contributed by atoms with Crippen molar-refractivity contribution >= 4 is 11.9 Å². The third kappa shape index (κ3) is 3.51. The maximum absolute atomic E-state index is 11.9. The Morgan fingerprint density at radius 3 is 2.50 bits per heavy atom. The number of carboxylic acids is 1. The van der Waals surface area contributed by atoms with E-state index in [9.17, 15) is 9.59 Å². The van der Waals surface area contributed by atoms with Crippen molar-refractivity contribution in [3.05, 3.63) is 23.8 Å². The van der Waals surface area contributed by atoms with Crippen LogP contribution in [0.2, 0.25) is 0 Å². The number of carbonyl (C=O) groups is 2. The lowest BCUT2D eigenvalue weighted by Crippen LogP contribution is -2.31. The second-order valence-electron chi connectivity index (χ2n) is 5.02. The maximum atomic E-state index is 11.9. The van der Waals surface area contributed by atoms with Crippen LogP contribution in [0.5, 0.6) is 0 Å². The molecule has 1 aromatic heterocycles. The van der Waals surface area contributed by atoms with Gasteiger partial charge in [0.05, 0.1) is 12.4 Å². The molecule has 0 saturated heterocycles. The van der Waals surface area contributed by atoms with Crippen LogP contribution in [-0.4, -0.2) is 47.2 Å². The number of methoxy groups -OCH3 is 1. The largest absolute Gasteiger partial charge is 0.476 e. The molecule has 0 atom stereocenters. The normalized spacial score (nSPS) is 15.7. The molecule has 0 aliphatic heterocycles. The molecule has 1 amide bonds. The third-order valence-electron chi connectivity index (χ3n) is 3.52. The average Bonchev–Trinajstić information content (AvgIpc) is 3.23. The van der Waals surface area contributed by atoms with Crippen LogP contribution in [0.1, 0.15) is 40.2 Å². The lowest BCUT2D eigenvalue weighted by molar-refractivity contribution is 0.0689. The first-order valence-corrected chi connectivity index (χ1v) is 6.39. The number of nitrogens with zero attached hydrogens (tertiary/aromatic N) is 2. The molecule has 1 heterocycles. The van der Waals surface area contributed by atoms with Crippen LogP contribution >= 0.6 is 0 Å². The Hall–Kier alpha value is -2.02. The molecule has 2 rings (SSSR count). The number of hydrogen-bond donors (Lipinski definition) is 2. The molecule has 1 aromatic rings. The number of aromatic carboxylic acids is 1. The third-order valence-corrected chi connectivity index (χ3v) is 3.52. The minimum Gasteiger partial charge on any atom is -0.476 e. The van der Waals surface area contributed by atoms with Gasteiger partial charge in [-0.15, -0.1) is 0 Å². The standard InChI is InChI=1S/C13H17N3O4/c1-20-5-4-13(2-3-13)8-16-11(17)9-6-15-10(7-14-9)12(18)19/h6-7H,2-5,8H2,1H3,(H,16,17)(H,18,19). The topological polar surface area (TPSA) is 101 Å². The minimum atomic E-state index is -1.17. The van der Waals surface area contributed by atoms with Crippen LogP contribution in [0.3, 0.4) is 0 Å². The molecule has 108 valence electrons. The Labute approximate surface area is 116 Å². The van der Waals surface area contributed by atoms with Crippen molar-refractivity contribution in [2.75, 3.05) is 20.3 Å². The lowest BCUT2D eigenvalue weighted by Gasteiger charge is -2.15. The maximum Gasteiger partial charge on any atom is 0.356 e. The zero-order valence-electron chi connectivity index (χ0n) is 11.3. The SMILES string of the molecule is COCCC1(CNC(=O)c2cnc(C(=O)O)cn2)CC1. The zero-order chi connectivity index (χ0) is 14.6. The molecule has 0 bridgehead atoms. The summed E-state index contributed by atoms with van der Waals surface area (Å²) in [5, 5.41) is 11.5. The first kappa shape index (κ1) is 14.4. The van der Waals surface area contributed by atoms with Gasteiger partial charge in [0.15, 0.2) is 5.69 Å². The van der Waals surface area contributed by atoms with E-state index in [0.29, 0.717) is 13.2 Å². The van der Waals surface area contributed by atoms with Gasteiger partial charge in [-0.3, -0.25) is 4.79 Å². The number of carboxylic acid groups (broad SMARTS) is 1. The van der Waals surface area contributed by atoms with E-state index >= 15 is 0 Å². The number of hydrogen-bond acceptors (Lipinski definition) is 5. The Kier molecular flexibility index (Phi) is 4.29. The molecular formula is C13H17N3O4. The fourth-order valence-electron chi connectivity index (χ4n) is 1.92. The highest BCUT2D eigenvalue weighted by Gasteiger charge is 2.42. The van der Waals surface area contributed by atoms with E-state index in [-0.39, 0.29) is 22.7 Å². The van der Waals surface area contributed by atoms with Gasteiger partial charge in [0, 0.05) is 20.3 Å². The summed E-state index contributed by atoms with van der Waals surface area (Å²) in [5.41, 5.74) is 0.0953. The highest BCUT2D eigenvalue weighted by Crippen LogP contribution is 2.48. The fraction of sp³-hybridized carbons (Fsp3) is 0.538. The first-order chi connectivity index (χ1) is 9.56. The van der Waals surface area contributed by atoms with Crippen LogP contribution < -0.4 is 5.32 Å². The van der Waals surface area contributed by atoms with Crippen molar-refractivity contribution in [2.24, 2.45) is 5.41 Å². The molecule has 0 unspecified atom stereocenters. The molecule has 0 spiro atoms. The van der Waals surface area contributed by atoms with Gasteiger partial charge in [-0.1, -0.05) is 0 Å². The molecule has 7 nitrogen and oxygen atoms in total. The molecule has 2 N–H and O–H groups in total. The van der Waals surface area contributed by atoms with E-state index in [1.807, 2.05) is 0 Å². The zero-order valence-corrected chi connectivity index (χ0v) is 11.3. The van der Waals surface area contributed by atoms with Gasteiger partial charge in [0.25, 0.3) is 5.91 Å². The Morgan fingerprint density at radius 1 is 1.35 bits per heavy atom. The number of aromatic nitrogens is 2. The van der Waals surface area contributed by atoms with Crippen molar-refractivity contribution in [3.63, 3.8) is 0 Å². The van der Waals surface area contributed by atoms with Gasteiger partial charge >= 0.3 is 5.97 Å². The Balaban J connectivity index is 1.87. The number of ether oxygens (including phenoxy) is 1. The number of amides is 1. The predicted molar refractivity (Wildman–Crippen MR) is 69.5 cm³/mol. The van der Waals surface area contributed by atoms with Crippen LogP contribution in [-0.2, 0) is 4.74 Å². The lowest BCUT2D eigenvalue weighted by atomic mass is 10.0. The molecule has 7 heteroatoms. The molecule has 0 radical (unpaired) electrons. The van der Waals surface area contributed by atoms with Crippen LogP contribution in [0, 0.1) is 5.41 Å². The van der Waals surface area contributed by atoms with Crippen molar-refractivity contribution in [2.45, 2.75) is 19.3 Å².